The number of nitrogens with zero attached hydrogens (tertiary/aromatic N) is 1. The lowest BCUT2D eigenvalue weighted by Gasteiger charge is -2.33. The molecule has 2 atom stereocenters. The zero-order valence-corrected chi connectivity index (χ0v) is 13.4. The van der Waals surface area contributed by atoms with Gasteiger partial charge in [0, 0.05) is 18.7 Å². The number of likely N-dealkylation sites (tertiary alicyclic amines) is 1. The fourth-order valence-electron chi connectivity index (χ4n) is 3.35. The Balaban J connectivity index is 0.00000176. The highest BCUT2D eigenvalue weighted by atomic mass is 35.5. The second-order valence-corrected chi connectivity index (χ2v) is 6.07. The summed E-state index contributed by atoms with van der Waals surface area (Å²) < 4.78 is 13.5. The SMILES string of the molecule is Cl.O=C(CN1CCC2CNCC2C1)NCc1ccccc1F. The molecule has 0 spiro atoms. The summed E-state index contributed by atoms with van der Waals surface area (Å²) in [5.41, 5.74) is 0.532. The van der Waals surface area contributed by atoms with E-state index in [0.29, 0.717) is 18.0 Å². The van der Waals surface area contributed by atoms with Crippen LogP contribution in [0.3, 0.4) is 0 Å². The molecule has 0 aromatic heterocycles. The van der Waals surface area contributed by atoms with Gasteiger partial charge in [-0.3, -0.25) is 9.69 Å². The molecule has 0 aliphatic carbocycles. The van der Waals surface area contributed by atoms with Gasteiger partial charge >= 0.3 is 0 Å². The van der Waals surface area contributed by atoms with E-state index in [0.717, 1.165) is 38.5 Å². The maximum Gasteiger partial charge on any atom is 0.234 e. The molecule has 2 aliphatic heterocycles. The molecule has 3 rings (SSSR count). The maximum absolute atomic E-state index is 13.5. The van der Waals surface area contributed by atoms with E-state index in [1.54, 1.807) is 18.2 Å². The van der Waals surface area contributed by atoms with Crippen LogP contribution in [0.1, 0.15) is 12.0 Å². The maximum atomic E-state index is 13.5. The summed E-state index contributed by atoms with van der Waals surface area (Å²) in [6.45, 7) is 4.83. The predicted molar refractivity (Wildman–Crippen MR) is 86.4 cm³/mol. The molecule has 2 N–H and O–H groups in total. The van der Waals surface area contributed by atoms with Crippen molar-refractivity contribution >= 4 is 18.3 Å². The first-order valence-electron chi connectivity index (χ1n) is 7.65. The van der Waals surface area contributed by atoms with Crippen LogP contribution in [-0.2, 0) is 11.3 Å². The molecule has 0 saturated carbocycles. The Morgan fingerprint density at radius 3 is 2.91 bits per heavy atom. The van der Waals surface area contributed by atoms with Crippen molar-refractivity contribution in [2.45, 2.75) is 13.0 Å². The van der Waals surface area contributed by atoms with Crippen molar-refractivity contribution in [2.75, 3.05) is 32.7 Å². The van der Waals surface area contributed by atoms with Crippen molar-refractivity contribution in [3.8, 4) is 0 Å². The molecule has 4 nitrogen and oxygen atoms in total. The molecule has 2 unspecified atom stereocenters. The third-order valence-corrected chi connectivity index (χ3v) is 4.59. The highest BCUT2D eigenvalue weighted by Crippen LogP contribution is 2.26. The first-order chi connectivity index (χ1) is 10.2. The van der Waals surface area contributed by atoms with Crippen molar-refractivity contribution in [1.82, 2.24) is 15.5 Å². The lowest BCUT2D eigenvalue weighted by Crippen LogP contribution is -2.45. The van der Waals surface area contributed by atoms with Crippen LogP contribution < -0.4 is 10.6 Å². The van der Waals surface area contributed by atoms with Crippen LogP contribution in [-0.4, -0.2) is 43.5 Å². The molecular formula is C16H23ClFN3O. The number of rotatable bonds is 4. The van der Waals surface area contributed by atoms with Gasteiger partial charge < -0.3 is 10.6 Å². The van der Waals surface area contributed by atoms with Crippen LogP contribution in [0.5, 0.6) is 0 Å². The van der Waals surface area contributed by atoms with Crippen molar-refractivity contribution in [1.29, 1.82) is 0 Å². The van der Waals surface area contributed by atoms with Gasteiger partial charge in [-0.1, -0.05) is 18.2 Å². The Hall–Kier alpha value is -1.17. The number of amides is 1. The first kappa shape index (κ1) is 17.2. The van der Waals surface area contributed by atoms with Crippen molar-refractivity contribution in [3.05, 3.63) is 35.6 Å². The third-order valence-electron chi connectivity index (χ3n) is 4.59. The summed E-state index contributed by atoms with van der Waals surface area (Å²) in [7, 11) is 0. The summed E-state index contributed by atoms with van der Waals surface area (Å²) in [6.07, 6.45) is 1.16. The van der Waals surface area contributed by atoms with E-state index in [1.165, 1.54) is 6.07 Å². The summed E-state index contributed by atoms with van der Waals surface area (Å²) in [5.74, 6) is 1.17. The van der Waals surface area contributed by atoms with Crippen LogP contribution in [0.4, 0.5) is 4.39 Å². The van der Waals surface area contributed by atoms with E-state index >= 15 is 0 Å². The number of halogens is 2. The molecular weight excluding hydrogens is 305 g/mol. The lowest BCUT2D eigenvalue weighted by atomic mass is 9.89. The smallest absolute Gasteiger partial charge is 0.234 e. The van der Waals surface area contributed by atoms with Gasteiger partial charge in [0.2, 0.25) is 5.91 Å². The van der Waals surface area contributed by atoms with Crippen LogP contribution in [0.25, 0.3) is 0 Å². The third kappa shape index (κ3) is 4.18. The summed E-state index contributed by atoms with van der Waals surface area (Å²) in [4.78, 5) is 14.2. The zero-order chi connectivity index (χ0) is 14.7. The highest BCUT2D eigenvalue weighted by molar-refractivity contribution is 5.85. The summed E-state index contributed by atoms with van der Waals surface area (Å²) >= 11 is 0. The van der Waals surface area contributed by atoms with E-state index in [1.807, 2.05) is 0 Å². The number of carbonyl (C=O) groups excluding carboxylic acids is 1. The Morgan fingerprint density at radius 1 is 1.32 bits per heavy atom. The van der Waals surface area contributed by atoms with Gasteiger partial charge in [-0.25, -0.2) is 4.39 Å². The van der Waals surface area contributed by atoms with Crippen molar-refractivity contribution in [2.24, 2.45) is 11.8 Å². The number of hydrogen-bond donors (Lipinski definition) is 2. The summed E-state index contributed by atoms with van der Waals surface area (Å²) in [5, 5.41) is 6.23. The Morgan fingerprint density at radius 2 is 2.09 bits per heavy atom. The molecule has 1 aromatic carbocycles. The van der Waals surface area contributed by atoms with Gasteiger partial charge in [-0.05, 0) is 44.0 Å². The van der Waals surface area contributed by atoms with Gasteiger partial charge in [0.1, 0.15) is 5.82 Å². The number of benzene rings is 1. The van der Waals surface area contributed by atoms with E-state index in [-0.39, 0.29) is 30.7 Å². The van der Waals surface area contributed by atoms with E-state index in [9.17, 15) is 9.18 Å². The van der Waals surface area contributed by atoms with Crippen molar-refractivity contribution in [3.63, 3.8) is 0 Å². The molecule has 0 radical (unpaired) electrons. The zero-order valence-electron chi connectivity index (χ0n) is 12.6. The van der Waals surface area contributed by atoms with Crippen molar-refractivity contribution < 1.29 is 9.18 Å². The van der Waals surface area contributed by atoms with Gasteiger partial charge in [0.05, 0.1) is 6.54 Å². The largest absolute Gasteiger partial charge is 0.351 e. The first-order valence-corrected chi connectivity index (χ1v) is 7.65. The molecule has 2 aliphatic rings. The van der Waals surface area contributed by atoms with Gasteiger partial charge in [-0.2, -0.15) is 0 Å². The number of piperidine rings is 1. The molecule has 1 amide bonds. The molecule has 2 fully saturated rings. The fourth-order valence-corrected chi connectivity index (χ4v) is 3.35. The van der Waals surface area contributed by atoms with Crippen LogP contribution >= 0.6 is 12.4 Å². The normalized spacial score (nSPS) is 24.4. The molecule has 0 bridgehead atoms. The summed E-state index contributed by atoms with van der Waals surface area (Å²) in [6, 6.07) is 6.55. The highest BCUT2D eigenvalue weighted by Gasteiger charge is 2.33. The fraction of sp³-hybridized carbons (Fsp3) is 0.562. The monoisotopic (exact) mass is 327 g/mol. The molecule has 2 heterocycles. The predicted octanol–water partition coefficient (Wildman–Crippen LogP) is 1.41. The molecule has 22 heavy (non-hydrogen) atoms. The van der Waals surface area contributed by atoms with E-state index < -0.39 is 0 Å². The Labute approximate surface area is 136 Å². The average molecular weight is 328 g/mol. The van der Waals surface area contributed by atoms with E-state index in [2.05, 4.69) is 15.5 Å². The Bertz CT molecular complexity index is 514. The topological polar surface area (TPSA) is 44.4 Å². The average Bonchev–Trinajstić information content (AvgIpc) is 2.94. The van der Waals surface area contributed by atoms with Gasteiger partial charge in [0.15, 0.2) is 0 Å². The second-order valence-electron chi connectivity index (χ2n) is 6.07. The van der Waals surface area contributed by atoms with Crippen LogP contribution in [0, 0.1) is 17.7 Å². The molecule has 1 aromatic rings. The number of carbonyl (C=O) groups is 1. The van der Waals surface area contributed by atoms with Crippen LogP contribution in [0.15, 0.2) is 24.3 Å². The van der Waals surface area contributed by atoms with E-state index in [4.69, 9.17) is 0 Å². The standard InChI is InChI=1S/C16H22FN3O.ClH/c17-15-4-2-1-3-13(15)9-19-16(21)11-20-6-5-12-7-18-8-14(12)10-20;/h1-4,12,14,18H,5-11H2,(H,19,21);1H. The molecule has 122 valence electrons. The van der Waals surface area contributed by atoms with Crippen LogP contribution in [0.2, 0.25) is 0 Å². The second kappa shape index (κ2) is 7.90. The molecule has 6 heteroatoms. The quantitative estimate of drug-likeness (QED) is 0.879. The minimum atomic E-state index is -0.268. The van der Waals surface area contributed by atoms with Gasteiger partial charge in [-0.15, -0.1) is 12.4 Å². The number of hydrogen-bond acceptors (Lipinski definition) is 3. The molecule has 2 saturated heterocycles. The minimum Gasteiger partial charge on any atom is -0.351 e. The van der Waals surface area contributed by atoms with Gasteiger partial charge in [0.25, 0.3) is 0 Å². The minimum absolute atomic E-state index is 0. The number of fused-ring (bicyclic) bond motifs is 1. The number of nitrogens with one attached hydrogen (secondary N) is 2. The Kier molecular flexibility index (Phi) is 6.17. The lowest BCUT2D eigenvalue weighted by molar-refractivity contribution is -0.122.